The van der Waals surface area contributed by atoms with Crippen LogP contribution in [0, 0.1) is 6.92 Å². The maximum Gasteiger partial charge on any atom is 0.104 e. The van der Waals surface area contributed by atoms with Gasteiger partial charge in [-0.1, -0.05) is 13.0 Å². The van der Waals surface area contributed by atoms with Crippen LogP contribution >= 0.6 is 0 Å². The highest BCUT2D eigenvalue weighted by molar-refractivity contribution is 5.75. The van der Waals surface area contributed by atoms with Gasteiger partial charge in [0.05, 0.1) is 11.0 Å². The van der Waals surface area contributed by atoms with E-state index in [-0.39, 0.29) is 0 Å². The lowest BCUT2D eigenvalue weighted by Gasteiger charge is -2.13. The van der Waals surface area contributed by atoms with Crippen molar-refractivity contribution in [1.82, 2.24) is 14.9 Å². The minimum atomic E-state index is 0.978. The first-order valence-electron chi connectivity index (χ1n) is 5.33. The molecule has 0 radical (unpaired) electrons. The Morgan fingerprint density at radius 2 is 2.20 bits per heavy atom. The van der Waals surface area contributed by atoms with Gasteiger partial charge in [0, 0.05) is 6.54 Å². The maximum atomic E-state index is 4.38. The summed E-state index contributed by atoms with van der Waals surface area (Å²) in [6.45, 7) is 6.21. The zero-order chi connectivity index (χ0) is 10.8. The molecule has 3 nitrogen and oxygen atoms in total. The summed E-state index contributed by atoms with van der Waals surface area (Å²) in [6.07, 6.45) is 0. The molecule has 0 saturated heterocycles. The van der Waals surface area contributed by atoms with Crippen molar-refractivity contribution < 1.29 is 0 Å². The number of hydrogen-bond acceptors (Lipinski definition) is 2. The van der Waals surface area contributed by atoms with Crippen molar-refractivity contribution in [2.75, 3.05) is 13.6 Å². The molecule has 3 heteroatoms. The Morgan fingerprint density at radius 1 is 1.40 bits per heavy atom. The predicted octanol–water partition coefficient (Wildman–Crippen LogP) is 2.32. The number of fused-ring (bicyclic) bond motifs is 1. The Labute approximate surface area is 90.1 Å². The number of rotatable bonds is 3. The fraction of sp³-hybridized carbons (Fsp3) is 0.417. The molecular weight excluding hydrogens is 186 g/mol. The van der Waals surface area contributed by atoms with Crippen molar-refractivity contribution in [3.63, 3.8) is 0 Å². The van der Waals surface area contributed by atoms with Crippen LogP contribution in [0.3, 0.4) is 0 Å². The highest BCUT2D eigenvalue weighted by Gasteiger charge is 2.02. The van der Waals surface area contributed by atoms with Crippen LogP contribution in [-0.4, -0.2) is 28.5 Å². The van der Waals surface area contributed by atoms with Crippen molar-refractivity contribution in [1.29, 1.82) is 0 Å². The van der Waals surface area contributed by atoms with Gasteiger partial charge < -0.3 is 9.88 Å². The number of hydrogen-bond donors (Lipinski definition) is 1. The molecule has 15 heavy (non-hydrogen) atoms. The molecule has 2 rings (SSSR count). The smallest absolute Gasteiger partial charge is 0.104 e. The van der Waals surface area contributed by atoms with Gasteiger partial charge in [-0.3, -0.25) is 0 Å². The Bertz CT molecular complexity index is 459. The summed E-state index contributed by atoms with van der Waals surface area (Å²) in [5.41, 5.74) is 3.51. The van der Waals surface area contributed by atoms with Gasteiger partial charge in [0.1, 0.15) is 5.82 Å². The third-order valence-corrected chi connectivity index (χ3v) is 2.66. The molecule has 80 valence electrons. The second kappa shape index (κ2) is 4.03. The van der Waals surface area contributed by atoms with Crippen molar-refractivity contribution >= 4 is 11.0 Å². The fourth-order valence-electron chi connectivity index (χ4n) is 1.71. The van der Waals surface area contributed by atoms with Gasteiger partial charge in [0.15, 0.2) is 0 Å². The normalized spacial score (nSPS) is 11.5. The van der Waals surface area contributed by atoms with Crippen LogP contribution in [0.15, 0.2) is 18.2 Å². The number of benzene rings is 1. The molecule has 1 aromatic carbocycles. The van der Waals surface area contributed by atoms with E-state index in [1.165, 1.54) is 5.56 Å². The first-order valence-corrected chi connectivity index (χ1v) is 5.33. The Kier molecular flexibility index (Phi) is 2.73. The molecule has 0 atom stereocenters. The number of aromatic nitrogens is 2. The van der Waals surface area contributed by atoms with E-state index in [0.29, 0.717) is 0 Å². The number of H-pyrrole nitrogens is 1. The molecule has 0 amide bonds. The molecule has 0 fully saturated rings. The molecule has 2 aromatic rings. The summed E-state index contributed by atoms with van der Waals surface area (Å²) >= 11 is 0. The number of aromatic amines is 1. The minimum absolute atomic E-state index is 0.978. The van der Waals surface area contributed by atoms with Gasteiger partial charge in [0.25, 0.3) is 0 Å². The number of nitrogens with zero attached hydrogens (tertiary/aromatic N) is 2. The van der Waals surface area contributed by atoms with Crippen LogP contribution in [0.4, 0.5) is 0 Å². The first-order chi connectivity index (χ1) is 7.19. The van der Waals surface area contributed by atoms with E-state index in [4.69, 9.17) is 0 Å². The Morgan fingerprint density at radius 3 is 2.93 bits per heavy atom. The number of nitrogens with one attached hydrogen (secondary N) is 1. The van der Waals surface area contributed by atoms with E-state index in [0.717, 1.165) is 29.9 Å². The lowest BCUT2D eigenvalue weighted by atomic mass is 10.2. The zero-order valence-corrected chi connectivity index (χ0v) is 9.54. The van der Waals surface area contributed by atoms with E-state index in [1.54, 1.807) is 0 Å². The van der Waals surface area contributed by atoms with E-state index in [1.807, 2.05) is 6.92 Å². The Balaban J connectivity index is 2.30. The van der Waals surface area contributed by atoms with Crippen molar-refractivity contribution in [3.05, 3.63) is 29.6 Å². The van der Waals surface area contributed by atoms with Crippen molar-refractivity contribution in [3.8, 4) is 0 Å². The van der Waals surface area contributed by atoms with E-state index in [2.05, 4.69) is 47.0 Å². The third-order valence-electron chi connectivity index (χ3n) is 2.66. The molecular formula is C12H17N3. The predicted molar refractivity (Wildman–Crippen MR) is 62.8 cm³/mol. The van der Waals surface area contributed by atoms with Gasteiger partial charge in [-0.2, -0.15) is 0 Å². The average Bonchev–Trinajstić information content (AvgIpc) is 2.57. The molecule has 0 spiro atoms. The summed E-state index contributed by atoms with van der Waals surface area (Å²) in [7, 11) is 2.13. The van der Waals surface area contributed by atoms with Crippen molar-refractivity contribution in [2.24, 2.45) is 0 Å². The average molecular weight is 203 g/mol. The quantitative estimate of drug-likeness (QED) is 0.830. The minimum Gasteiger partial charge on any atom is -0.342 e. The second-order valence-corrected chi connectivity index (χ2v) is 4.00. The maximum absolute atomic E-state index is 4.38. The number of imidazole rings is 1. The van der Waals surface area contributed by atoms with Gasteiger partial charge in [-0.05, 0) is 38.2 Å². The van der Waals surface area contributed by atoms with Crippen LogP contribution in [0.5, 0.6) is 0 Å². The van der Waals surface area contributed by atoms with Gasteiger partial charge in [0.2, 0.25) is 0 Å². The van der Waals surface area contributed by atoms with Gasteiger partial charge in [-0.15, -0.1) is 0 Å². The second-order valence-electron chi connectivity index (χ2n) is 4.00. The first kappa shape index (κ1) is 10.2. The van der Waals surface area contributed by atoms with Crippen LogP contribution < -0.4 is 0 Å². The zero-order valence-electron chi connectivity index (χ0n) is 9.54. The molecule has 1 N–H and O–H groups in total. The largest absolute Gasteiger partial charge is 0.342 e. The van der Waals surface area contributed by atoms with Gasteiger partial charge >= 0.3 is 0 Å². The highest BCUT2D eigenvalue weighted by atomic mass is 15.1. The third kappa shape index (κ3) is 2.18. The van der Waals surface area contributed by atoms with Crippen LogP contribution in [-0.2, 0) is 6.54 Å². The molecule has 0 aliphatic heterocycles. The monoisotopic (exact) mass is 203 g/mol. The molecule has 0 unspecified atom stereocenters. The van der Waals surface area contributed by atoms with Crippen LogP contribution in [0.25, 0.3) is 11.0 Å². The topological polar surface area (TPSA) is 31.9 Å². The van der Waals surface area contributed by atoms with Crippen LogP contribution in [0.1, 0.15) is 18.3 Å². The van der Waals surface area contributed by atoms with E-state index in [9.17, 15) is 0 Å². The summed E-state index contributed by atoms with van der Waals surface area (Å²) < 4.78 is 0. The molecule has 1 aromatic heterocycles. The van der Waals surface area contributed by atoms with E-state index < -0.39 is 0 Å². The number of aryl methyl sites for hydroxylation is 1. The molecule has 0 bridgehead atoms. The molecule has 0 aliphatic carbocycles. The van der Waals surface area contributed by atoms with E-state index >= 15 is 0 Å². The molecule has 0 aliphatic rings. The van der Waals surface area contributed by atoms with Crippen molar-refractivity contribution in [2.45, 2.75) is 20.4 Å². The lowest BCUT2D eigenvalue weighted by Crippen LogP contribution is -2.16. The fourth-order valence-corrected chi connectivity index (χ4v) is 1.71. The summed E-state index contributed by atoms with van der Waals surface area (Å²) in [4.78, 5) is 9.93. The van der Waals surface area contributed by atoms with Gasteiger partial charge in [-0.25, -0.2) is 4.98 Å². The standard InChI is InChI=1S/C12H17N3/c1-4-15(3)8-10-5-6-11-12(7-10)14-9(2)13-11/h5-7H,4,8H2,1-3H3,(H,13,14). The summed E-state index contributed by atoms with van der Waals surface area (Å²) in [5, 5.41) is 0. The summed E-state index contributed by atoms with van der Waals surface area (Å²) in [6, 6.07) is 6.41. The molecule has 0 saturated carbocycles. The summed E-state index contributed by atoms with van der Waals surface area (Å²) in [5.74, 6) is 0.978. The lowest BCUT2D eigenvalue weighted by molar-refractivity contribution is 0.346. The highest BCUT2D eigenvalue weighted by Crippen LogP contribution is 2.14. The van der Waals surface area contributed by atoms with Crippen LogP contribution in [0.2, 0.25) is 0 Å². The molecule has 1 heterocycles. The SMILES string of the molecule is CCN(C)Cc1ccc2nc(C)[nH]c2c1. The Hall–Kier alpha value is -1.35.